The molecule has 1 heterocycles. The first-order valence-electron chi connectivity index (χ1n) is 5.03. The topological polar surface area (TPSA) is 12.9 Å². The maximum atomic E-state index is 4.42. The minimum atomic E-state index is 0.977. The van der Waals surface area contributed by atoms with Gasteiger partial charge in [-0.2, -0.15) is 0 Å². The molecule has 0 bridgehead atoms. The second-order valence-electron chi connectivity index (χ2n) is 3.44. The number of nitrogens with zero attached hydrogens (tertiary/aromatic N) is 1. The molecule has 2 rings (SSSR count). The van der Waals surface area contributed by atoms with Crippen LogP contribution in [0.25, 0.3) is 10.8 Å². The molecule has 1 aromatic carbocycles. The van der Waals surface area contributed by atoms with Gasteiger partial charge in [0, 0.05) is 17.3 Å². The molecular formula is C13H14N. The molecule has 0 saturated heterocycles. The summed E-state index contributed by atoms with van der Waals surface area (Å²) in [6.07, 6.45) is 5.01. The average molecular weight is 184 g/mol. The van der Waals surface area contributed by atoms with Crippen LogP contribution in [0.15, 0.2) is 36.5 Å². The summed E-state index contributed by atoms with van der Waals surface area (Å²) < 4.78 is 0. The van der Waals surface area contributed by atoms with E-state index in [0.29, 0.717) is 0 Å². The Hall–Kier alpha value is -1.37. The number of aryl methyl sites for hydroxylation is 1. The summed E-state index contributed by atoms with van der Waals surface area (Å²) in [4.78, 5) is 4.42. The third-order valence-electron chi connectivity index (χ3n) is 2.42. The second kappa shape index (κ2) is 4.23. The normalized spacial score (nSPS) is 10.6. The molecule has 0 unspecified atom stereocenters. The molecular weight excluding hydrogens is 170 g/mol. The van der Waals surface area contributed by atoms with Gasteiger partial charge >= 0.3 is 0 Å². The van der Waals surface area contributed by atoms with Gasteiger partial charge in [0.2, 0.25) is 0 Å². The summed E-state index contributed by atoms with van der Waals surface area (Å²) in [5, 5.41) is 2.56. The highest BCUT2D eigenvalue weighted by Crippen LogP contribution is 2.17. The molecule has 0 N–H and O–H groups in total. The van der Waals surface area contributed by atoms with Crippen LogP contribution in [-0.2, 0) is 6.42 Å². The predicted octanol–water partition coefficient (Wildman–Crippen LogP) is 3.39. The fourth-order valence-electron chi connectivity index (χ4n) is 1.67. The summed E-state index contributed by atoms with van der Waals surface area (Å²) in [5.74, 6) is 0. The molecule has 0 amide bonds. The molecule has 0 fully saturated rings. The maximum Gasteiger partial charge on any atom is 0.0481 e. The van der Waals surface area contributed by atoms with Gasteiger partial charge in [0.1, 0.15) is 0 Å². The molecule has 0 saturated carbocycles. The Labute approximate surface area is 84.8 Å². The van der Waals surface area contributed by atoms with Crippen LogP contribution in [0.4, 0.5) is 0 Å². The van der Waals surface area contributed by atoms with Crippen LogP contribution in [0.5, 0.6) is 0 Å². The minimum absolute atomic E-state index is 0.977. The van der Waals surface area contributed by atoms with E-state index in [0.717, 1.165) is 19.3 Å². The van der Waals surface area contributed by atoms with Crippen molar-refractivity contribution in [1.29, 1.82) is 0 Å². The third-order valence-corrected chi connectivity index (χ3v) is 2.42. The van der Waals surface area contributed by atoms with Crippen LogP contribution in [0, 0.1) is 6.92 Å². The fourth-order valence-corrected chi connectivity index (χ4v) is 1.67. The average Bonchev–Trinajstić information content (AvgIpc) is 2.26. The van der Waals surface area contributed by atoms with E-state index >= 15 is 0 Å². The summed E-state index contributed by atoms with van der Waals surface area (Å²) in [5.41, 5.74) is 1.20. The lowest BCUT2D eigenvalue weighted by Crippen LogP contribution is -1.90. The van der Waals surface area contributed by atoms with E-state index in [1.165, 1.54) is 16.5 Å². The van der Waals surface area contributed by atoms with E-state index in [1.54, 1.807) is 0 Å². The van der Waals surface area contributed by atoms with Crippen molar-refractivity contribution in [3.63, 3.8) is 0 Å². The van der Waals surface area contributed by atoms with Gasteiger partial charge in [0.15, 0.2) is 0 Å². The molecule has 0 aliphatic heterocycles. The van der Waals surface area contributed by atoms with Gasteiger partial charge in [0.05, 0.1) is 0 Å². The molecule has 1 aromatic heterocycles. The third kappa shape index (κ3) is 1.77. The van der Waals surface area contributed by atoms with E-state index in [4.69, 9.17) is 0 Å². The molecule has 14 heavy (non-hydrogen) atoms. The molecule has 0 atom stereocenters. The maximum absolute atomic E-state index is 4.42. The molecule has 1 heteroatoms. The van der Waals surface area contributed by atoms with Crippen LogP contribution in [-0.4, -0.2) is 4.98 Å². The Morgan fingerprint density at radius 1 is 1.14 bits per heavy atom. The van der Waals surface area contributed by atoms with E-state index < -0.39 is 0 Å². The number of unbranched alkanes of at least 4 members (excludes halogenated alkanes) is 1. The first-order chi connectivity index (χ1) is 6.92. The number of hydrogen-bond donors (Lipinski definition) is 0. The smallest absolute Gasteiger partial charge is 0.0481 e. The number of aromatic nitrogens is 1. The van der Waals surface area contributed by atoms with Crippen molar-refractivity contribution in [2.45, 2.75) is 19.3 Å². The highest BCUT2D eigenvalue weighted by atomic mass is 14.7. The lowest BCUT2D eigenvalue weighted by Gasteiger charge is -2.03. The van der Waals surface area contributed by atoms with Crippen LogP contribution >= 0.6 is 0 Å². The van der Waals surface area contributed by atoms with Crippen molar-refractivity contribution >= 4 is 10.8 Å². The number of benzene rings is 1. The summed E-state index contributed by atoms with van der Waals surface area (Å²) >= 11 is 0. The van der Waals surface area contributed by atoms with E-state index in [-0.39, 0.29) is 0 Å². The molecule has 2 aromatic rings. The van der Waals surface area contributed by atoms with E-state index in [9.17, 15) is 0 Å². The SMILES string of the molecule is [CH2]CCCc1nccc2ccccc12. The second-order valence-corrected chi connectivity index (χ2v) is 3.44. The van der Waals surface area contributed by atoms with Crippen molar-refractivity contribution in [2.24, 2.45) is 0 Å². The summed E-state index contributed by atoms with van der Waals surface area (Å²) in [6, 6.07) is 10.5. The Kier molecular flexibility index (Phi) is 2.78. The number of rotatable bonds is 3. The van der Waals surface area contributed by atoms with Gasteiger partial charge < -0.3 is 0 Å². The van der Waals surface area contributed by atoms with Gasteiger partial charge in [-0.05, 0) is 24.3 Å². The number of pyridine rings is 1. The quantitative estimate of drug-likeness (QED) is 0.712. The highest BCUT2D eigenvalue weighted by Gasteiger charge is 1.99. The van der Waals surface area contributed by atoms with Crippen molar-refractivity contribution in [1.82, 2.24) is 4.98 Å². The first-order valence-corrected chi connectivity index (χ1v) is 5.03. The zero-order valence-corrected chi connectivity index (χ0v) is 8.24. The largest absolute Gasteiger partial charge is 0.261 e. The zero-order chi connectivity index (χ0) is 9.80. The standard InChI is InChI=1S/C13H14N/c1-2-3-8-13-12-7-5-4-6-11(12)9-10-14-13/h4-7,9-10H,1-3,8H2. The van der Waals surface area contributed by atoms with Crippen LogP contribution < -0.4 is 0 Å². The lowest BCUT2D eigenvalue weighted by molar-refractivity contribution is 0.823. The Balaban J connectivity index is 2.43. The van der Waals surface area contributed by atoms with Gasteiger partial charge in [-0.1, -0.05) is 37.6 Å². The lowest BCUT2D eigenvalue weighted by atomic mass is 10.1. The summed E-state index contributed by atoms with van der Waals surface area (Å²) in [6.45, 7) is 3.85. The molecule has 71 valence electrons. The van der Waals surface area contributed by atoms with Gasteiger partial charge in [0.25, 0.3) is 0 Å². The summed E-state index contributed by atoms with van der Waals surface area (Å²) in [7, 11) is 0. The van der Waals surface area contributed by atoms with Gasteiger partial charge in [-0.25, -0.2) is 0 Å². The Morgan fingerprint density at radius 3 is 2.86 bits per heavy atom. The van der Waals surface area contributed by atoms with E-state index in [2.05, 4.69) is 42.2 Å². The van der Waals surface area contributed by atoms with E-state index in [1.807, 2.05) is 6.20 Å². The minimum Gasteiger partial charge on any atom is -0.261 e. The van der Waals surface area contributed by atoms with Crippen molar-refractivity contribution in [3.05, 3.63) is 49.1 Å². The number of fused-ring (bicyclic) bond motifs is 1. The van der Waals surface area contributed by atoms with Crippen molar-refractivity contribution in [2.75, 3.05) is 0 Å². The molecule has 1 nitrogen and oxygen atoms in total. The predicted molar refractivity (Wildman–Crippen MR) is 60.0 cm³/mol. The van der Waals surface area contributed by atoms with Crippen molar-refractivity contribution in [3.8, 4) is 0 Å². The van der Waals surface area contributed by atoms with Crippen LogP contribution in [0.1, 0.15) is 18.5 Å². The highest BCUT2D eigenvalue weighted by molar-refractivity contribution is 5.84. The molecule has 1 radical (unpaired) electrons. The monoisotopic (exact) mass is 184 g/mol. The molecule has 0 aliphatic carbocycles. The first kappa shape index (κ1) is 9.20. The zero-order valence-electron chi connectivity index (χ0n) is 8.24. The fraction of sp³-hybridized carbons (Fsp3) is 0.231. The van der Waals surface area contributed by atoms with Crippen LogP contribution in [0.3, 0.4) is 0 Å². The molecule has 0 aliphatic rings. The van der Waals surface area contributed by atoms with Crippen LogP contribution in [0.2, 0.25) is 0 Å². The molecule has 0 spiro atoms. The van der Waals surface area contributed by atoms with Gasteiger partial charge in [-0.3, -0.25) is 4.98 Å². The Bertz CT molecular complexity index is 415. The Morgan fingerprint density at radius 2 is 2.00 bits per heavy atom. The van der Waals surface area contributed by atoms with Gasteiger partial charge in [-0.15, -0.1) is 0 Å². The number of hydrogen-bond acceptors (Lipinski definition) is 1. The van der Waals surface area contributed by atoms with Crippen molar-refractivity contribution < 1.29 is 0 Å².